The second kappa shape index (κ2) is 6.48. The van der Waals surface area contributed by atoms with Crippen LogP contribution in [0.25, 0.3) is 10.8 Å². The van der Waals surface area contributed by atoms with Gasteiger partial charge >= 0.3 is 5.97 Å². The largest absolute Gasteiger partial charge is 0.505 e. The van der Waals surface area contributed by atoms with Gasteiger partial charge in [-0.1, -0.05) is 42.5 Å². The van der Waals surface area contributed by atoms with E-state index in [1.165, 1.54) is 12.7 Å². The summed E-state index contributed by atoms with van der Waals surface area (Å²) in [6.45, 7) is 0. The highest BCUT2D eigenvalue weighted by Gasteiger charge is 2.16. The lowest BCUT2D eigenvalue weighted by Crippen LogP contribution is -2.04. The minimum atomic E-state index is -0.641. The molecule has 4 heteroatoms. The van der Waals surface area contributed by atoms with E-state index in [4.69, 9.17) is 0 Å². The molecule has 0 atom stereocenters. The predicted octanol–water partition coefficient (Wildman–Crippen LogP) is 3.51. The molecule has 0 aliphatic rings. The molecule has 0 fully saturated rings. The van der Waals surface area contributed by atoms with E-state index in [2.05, 4.69) is 21.9 Å². The number of ether oxygens (including phenoxy) is 1. The van der Waals surface area contributed by atoms with Crippen LogP contribution in [0.1, 0.15) is 21.6 Å². The molecule has 4 nitrogen and oxygen atoms in total. The number of hydrogen-bond donors (Lipinski definition) is 1. The first-order valence-corrected chi connectivity index (χ1v) is 7.42. The van der Waals surface area contributed by atoms with Crippen LogP contribution in [-0.4, -0.2) is 23.2 Å². The van der Waals surface area contributed by atoms with Gasteiger partial charge in [0, 0.05) is 17.0 Å². The molecule has 0 amide bonds. The molecule has 3 rings (SSSR count). The number of nitrogens with zero attached hydrogens (tertiary/aromatic N) is 1. The van der Waals surface area contributed by atoms with Crippen LogP contribution in [0, 0.1) is 0 Å². The van der Waals surface area contributed by atoms with Crippen LogP contribution in [0.3, 0.4) is 0 Å². The zero-order chi connectivity index (χ0) is 16.2. The molecule has 2 aromatic carbocycles. The van der Waals surface area contributed by atoms with Crippen molar-refractivity contribution in [2.45, 2.75) is 12.8 Å². The predicted molar refractivity (Wildman–Crippen MR) is 88.6 cm³/mol. The Morgan fingerprint density at radius 2 is 1.83 bits per heavy atom. The number of carbonyl (C=O) groups excluding carboxylic acids is 1. The molecule has 23 heavy (non-hydrogen) atoms. The van der Waals surface area contributed by atoms with E-state index in [0.717, 1.165) is 23.8 Å². The number of fused-ring (bicyclic) bond motifs is 1. The van der Waals surface area contributed by atoms with Crippen molar-refractivity contribution in [2.75, 3.05) is 7.11 Å². The standard InChI is InChI=1S/C19H17NO3/c1-23-19(22)17-18(21)16-10-9-14(11-15(16)12-20-17)8-7-13-5-3-2-4-6-13/h2-6,9-12,21H,7-8H2,1H3. The Morgan fingerprint density at radius 3 is 2.57 bits per heavy atom. The van der Waals surface area contributed by atoms with E-state index < -0.39 is 5.97 Å². The second-order valence-corrected chi connectivity index (χ2v) is 5.35. The number of rotatable bonds is 4. The molecule has 0 spiro atoms. The average molecular weight is 307 g/mol. The third-order valence-corrected chi connectivity index (χ3v) is 3.85. The first-order chi connectivity index (χ1) is 11.2. The Morgan fingerprint density at radius 1 is 1.09 bits per heavy atom. The van der Waals surface area contributed by atoms with Crippen LogP contribution in [-0.2, 0) is 17.6 Å². The van der Waals surface area contributed by atoms with Crippen molar-refractivity contribution >= 4 is 16.7 Å². The monoisotopic (exact) mass is 307 g/mol. The lowest BCUT2D eigenvalue weighted by molar-refractivity contribution is 0.0591. The van der Waals surface area contributed by atoms with Crippen molar-refractivity contribution in [3.8, 4) is 5.75 Å². The van der Waals surface area contributed by atoms with Crippen molar-refractivity contribution in [3.05, 3.63) is 71.5 Å². The summed E-state index contributed by atoms with van der Waals surface area (Å²) < 4.78 is 4.62. The molecule has 0 aliphatic carbocycles. The van der Waals surface area contributed by atoms with Crippen molar-refractivity contribution in [2.24, 2.45) is 0 Å². The third kappa shape index (κ3) is 3.16. The first kappa shape index (κ1) is 15.0. The number of pyridine rings is 1. The van der Waals surface area contributed by atoms with Crippen molar-refractivity contribution in [3.63, 3.8) is 0 Å². The maximum Gasteiger partial charge on any atom is 0.360 e. The average Bonchev–Trinajstić information content (AvgIpc) is 2.60. The summed E-state index contributed by atoms with van der Waals surface area (Å²) in [6, 6.07) is 16.1. The molecular weight excluding hydrogens is 290 g/mol. The van der Waals surface area contributed by atoms with Crippen LogP contribution in [0.2, 0.25) is 0 Å². The van der Waals surface area contributed by atoms with Crippen LogP contribution in [0.15, 0.2) is 54.7 Å². The number of aromatic hydroxyl groups is 1. The van der Waals surface area contributed by atoms with E-state index in [9.17, 15) is 9.90 Å². The number of benzene rings is 2. The fraction of sp³-hybridized carbons (Fsp3) is 0.158. The lowest BCUT2D eigenvalue weighted by atomic mass is 10.0. The minimum Gasteiger partial charge on any atom is -0.505 e. The molecule has 116 valence electrons. The van der Waals surface area contributed by atoms with Gasteiger partial charge in [-0.2, -0.15) is 0 Å². The summed E-state index contributed by atoms with van der Waals surface area (Å²) in [7, 11) is 1.26. The fourth-order valence-corrected chi connectivity index (χ4v) is 2.59. The maximum absolute atomic E-state index is 11.6. The molecule has 1 heterocycles. The normalized spacial score (nSPS) is 10.7. The Labute approximate surface area is 134 Å². The third-order valence-electron chi connectivity index (χ3n) is 3.85. The van der Waals surface area contributed by atoms with Crippen molar-refractivity contribution in [1.29, 1.82) is 0 Å². The van der Waals surface area contributed by atoms with Gasteiger partial charge in [0.1, 0.15) is 0 Å². The minimum absolute atomic E-state index is 0.0583. The Balaban J connectivity index is 1.86. The van der Waals surface area contributed by atoms with Gasteiger partial charge < -0.3 is 9.84 Å². The van der Waals surface area contributed by atoms with E-state index >= 15 is 0 Å². The summed E-state index contributed by atoms with van der Waals surface area (Å²) in [4.78, 5) is 15.6. The molecule has 0 saturated carbocycles. The summed E-state index contributed by atoms with van der Waals surface area (Å²) in [5, 5.41) is 11.6. The quantitative estimate of drug-likeness (QED) is 0.749. The molecule has 0 bridgehead atoms. The van der Waals surface area contributed by atoms with Gasteiger partial charge in [0.15, 0.2) is 11.4 Å². The number of carbonyl (C=O) groups is 1. The van der Waals surface area contributed by atoms with Gasteiger partial charge in [-0.3, -0.25) is 0 Å². The van der Waals surface area contributed by atoms with E-state index in [1.54, 1.807) is 6.20 Å². The molecule has 0 saturated heterocycles. The summed E-state index contributed by atoms with van der Waals surface area (Å²) in [5.41, 5.74) is 2.39. The first-order valence-electron chi connectivity index (χ1n) is 7.42. The summed E-state index contributed by atoms with van der Waals surface area (Å²) in [5.74, 6) is -0.776. The number of esters is 1. The van der Waals surface area contributed by atoms with E-state index in [0.29, 0.717) is 5.39 Å². The lowest BCUT2D eigenvalue weighted by Gasteiger charge is -2.08. The van der Waals surface area contributed by atoms with Crippen LogP contribution in [0.4, 0.5) is 0 Å². The molecule has 0 unspecified atom stereocenters. The second-order valence-electron chi connectivity index (χ2n) is 5.35. The highest BCUT2D eigenvalue weighted by atomic mass is 16.5. The van der Waals surface area contributed by atoms with Crippen LogP contribution >= 0.6 is 0 Å². The zero-order valence-corrected chi connectivity index (χ0v) is 12.8. The topological polar surface area (TPSA) is 59.4 Å². The maximum atomic E-state index is 11.6. The van der Waals surface area contributed by atoms with Gasteiger partial charge in [0.05, 0.1) is 7.11 Å². The summed E-state index contributed by atoms with van der Waals surface area (Å²) in [6.07, 6.45) is 3.44. The summed E-state index contributed by atoms with van der Waals surface area (Å²) >= 11 is 0. The molecule has 3 aromatic rings. The molecule has 0 aliphatic heterocycles. The Hall–Kier alpha value is -2.88. The zero-order valence-electron chi connectivity index (χ0n) is 12.8. The van der Waals surface area contributed by atoms with Gasteiger partial charge in [0.2, 0.25) is 0 Å². The van der Waals surface area contributed by atoms with Gasteiger partial charge in [0.25, 0.3) is 0 Å². The fourth-order valence-electron chi connectivity index (χ4n) is 2.59. The SMILES string of the molecule is COC(=O)c1ncc2cc(CCc3ccccc3)ccc2c1O. The van der Waals surface area contributed by atoms with E-state index in [1.807, 2.05) is 36.4 Å². The van der Waals surface area contributed by atoms with Crippen LogP contribution in [0.5, 0.6) is 5.75 Å². The molecule has 0 radical (unpaired) electrons. The molecule has 1 aromatic heterocycles. The van der Waals surface area contributed by atoms with E-state index in [-0.39, 0.29) is 11.4 Å². The smallest absolute Gasteiger partial charge is 0.360 e. The molecular formula is C19H17NO3. The van der Waals surface area contributed by atoms with Crippen molar-refractivity contribution in [1.82, 2.24) is 4.98 Å². The highest BCUT2D eigenvalue weighted by Crippen LogP contribution is 2.28. The van der Waals surface area contributed by atoms with Crippen LogP contribution < -0.4 is 0 Å². The Bertz CT molecular complexity index is 844. The van der Waals surface area contributed by atoms with Gasteiger partial charge in [-0.25, -0.2) is 9.78 Å². The van der Waals surface area contributed by atoms with Gasteiger partial charge in [-0.05, 0) is 30.0 Å². The molecule has 1 N–H and O–H groups in total. The number of aromatic nitrogens is 1. The number of methoxy groups -OCH3 is 1. The van der Waals surface area contributed by atoms with Crippen molar-refractivity contribution < 1.29 is 14.6 Å². The number of hydrogen-bond acceptors (Lipinski definition) is 4. The number of aryl methyl sites for hydroxylation is 2. The van der Waals surface area contributed by atoms with Gasteiger partial charge in [-0.15, -0.1) is 0 Å². The Kier molecular flexibility index (Phi) is 4.24. The highest BCUT2D eigenvalue weighted by molar-refractivity contribution is 5.98.